The molecule has 0 aromatic rings. The Morgan fingerprint density at radius 3 is 2.70 bits per heavy atom. The molecule has 0 bridgehead atoms. The predicted molar refractivity (Wildman–Crippen MR) is 44.2 cm³/mol. The second kappa shape index (κ2) is 3.35. The third-order valence-electron chi connectivity index (χ3n) is 2.62. The molecule has 1 aliphatic heterocycles. The zero-order chi connectivity index (χ0) is 7.56. The molecule has 0 aliphatic carbocycles. The highest BCUT2D eigenvalue weighted by molar-refractivity contribution is 4.79. The molecule has 60 valence electrons. The van der Waals surface area contributed by atoms with Crippen LogP contribution < -0.4 is 5.32 Å². The second-order valence-corrected chi connectivity index (χ2v) is 3.34. The maximum absolute atomic E-state index is 3.33. The van der Waals surface area contributed by atoms with Crippen LogP contribution in [0.1, 0.15) is 19.8 Å². The lowest BCUT2D eigenvalue weighted by atomic mass is 9.99. The van der Waals surface area contributed by atoms with Gasteiger partial charge in [0.1, 0.15) is 0 Å². The summed E-state index contributed by atoms with van der Waals surface area (Å²) in [7, 11) is 4.26. The zero-order valence-electron chi connectivity index (χ0n) is 7.22. The Morgan fingerprint density at radius 2 is 2.20 bits per heavy atom. The molecular weight excluding hydrogens is 124 g/mol. The molecule has 0 amide bonds. The van der Waals surface area contributed by atoms with Gasteiger partial charge >= 0.3 is 0 Å². The fourth-order valence-electron chi connectivity index (χ4n) is 1.55. The van der Waals surface area contributed by atoms with Crippen molar-refractivity contribution in [2.24, 2.45) is 0 Å². The normalized spacial score (nSPS) is 36.3. The fraction of sp³-hybridized carbons (Fsp3) is 1.00. The van der Waals surface area contributed by atoms with Gasteiger partial charge in [-0.1, -0.05) is 0 Å². The highest BCUT2D eigenvalue weighted by Gasteiger charge is 2.20. The van der Waals surface area contributed by atoms with E-state index in [1.807, 2.05) is 0 Å². The topological polar surface area (TPSA) is 15.3 Å². The van der Waals surface area contributed by atoms with E-state index in [1.165, 1.54) is 19.4 Å². The van der Waals surface area contributed by atoms with Crippen LogP contribution in [-0.4, -0.2) is 37.6 Å². The molecule has 1 fully saturated rings. The van der Waals surface area contributed by atoms with Crippen molar-refractivity contribution < 1.29 is 0 Å². The van der Waals surface area contributed by atoms with Gasteiger partial charge in [0.15, 0.2) is 0 Å². The quantitative estimate of drug-likeness (QED) is 0.579. The minimum absolute atomic E-state index is 0.756. The van der Waals surface area contributed by atoms with Crippen molar-refractivity contribution in [3.63, 3.8) is 0 Å². The molecule has 10 heavy (non-hydrogen) atoms. The SMILES string of the molecule is CN[C@H]1CCN(C)[C@H](C)C1. The minimum atomic E-state index is 0.756. The molecule has 1 heterocycles. The molecule has 0 radical (unpaired) electrons. The van der Waals surface area contributed by atoms with Gasteiger partial charge in [0, 0.05) is 12.1 Å². The van der Waals surface area contributed by atoms with Crippen molar-refractivity contribution in [1.29, 1.82) is 0 Å². The first kappa shape index (κ1) is 8.02. The Morgan fingerprint density at radius 1 is 1.50 bits per heavy atom. The maximum Gasteiger partial charge on any atom is 0.00910 e. The summed E-state index contributed by atoms with van der Waals surface area (Å²) in [6.07, 6.45) is 2.60. The monoisotopic (exact) mass is 142 g/mol. The van der Waals surface area contributed by atoms with Crippen LogP contribution in [0.25, 0.3) is 0 Å². The summed E-state index contributed by atoms with van der Waals surface area (Å²) in [6.45, 7) is 3.54. The van der Waals surface area contributed by atoms with E-state index >= 15 is 0 Å². The molecule has 0 saturated carbocycles. The molecule has 2 nitrogen and oxygen atoms in total. The average Bonchev–Trinajstić information content (AvgIpc) is 1.95. The van der Waals surface area contributed by atoms with Gasteiger partial charge in [-0.25, -0.2) is 0 Å². The summed E-state index contributed by atoms with van der Waals surface area (Å²) in [5.74, 6) is 0. The van der Waals surface area contributed by atoms with Gasteiger partial charge in [0.25, 0.3) is 0 Å². The molecule has 1 saturated heterocycles. The summed E-state index contributed by atoms with van der Waals surface area (Å²) in [5, 5.41) is 3.33. The first-order valence-corrected chi connectivity index (χ1v) is 4.11. The van der Waals surface area contributed by atoms with Crippen LogP contribution in [0.15, 0.2) is 0 Å². The Bertz CT molecular complexity index is 103. The minimum Gasteiger partial charge on any atom is -0.317 e. The molecule has 1 aliphatic rings. The first-order valence-electron chi connectivity index (χ1n) is 4.11. The van der Waals surface area contributed by atoms with Crippen molar-refractivity contribution in [3.05, 3.63) is 0 Å². The summed E-state index contributed by atoms with van der Waals surface area (Å²) in [4.78, 5) is 2.42. The lowest BCUT2D eigenvalue weighted by Gasteiger charge is -2.34. The number of hydrogen-bond donors (Lipinski definition) is 1. The van der Waals surface area contributed by atoms with Crippen molar-refractivity contribution in [1.82, 2.24) is 10.2 Å². The van der Waals surface area contributed by atoms with Crippen LogP contribution in [0.2, 0.25) is 0 Å². The van der Waals surface area contributed by atoms with E-state index in [-0.39, 0.29) is 0 Å². The van der Waals surface area contributed by atoms with Crippen LogP contribution in [0, 0.1) is 0 Å². The third-order valence-corrected chi connectivity index (χ3v) is 2.62. The van der Waals surface area contributed by atoms with Gasteiger partial charge in [-0.15, -0.1) is 0 Å². The Kier molecular flexibility index (Phi) is 2.69. The highest BCUT2D eigenvalue weighted by Crippen LogP contribution is 2.14. The molecule has 0 unspecified atom stereocenters. The number of hydrogen-bond acceptors (Lipinski definition) is 2. The standard InChI is InChI=1S/C8H18N2/c1-7-6-8(9-2)4-5-10(7)3/h7-9H,4-6H2,1-3H3/t7-,8+/m1/s1. The number of likely N-dealkylation sites (tertiary alicyclic amines) is 1. The molecule has 1 rings (SSSR count). The summed E-state index contributed by atoms with van der Waals surface area (Å²) >= 11 is 0. The lowest BCUT2D eigenvalue weighted by molar-refractivity contribution is 0.172. The van der Waals surface area contributed by atoms with E-state index in [0.29, 0.717) is 0 Å². The lowest BCUT2D eigenvalue weighted by Crippen LogP contribution is -2.44. The molecular formula is C8H18N2. The highest BCUT2D eigenvalue weighted by atomic mass is 15.1. The molecule has 1 N–H and O–H groups in total. The molecule has 2 heteroatoms. The van der Waals surface area contributed by atoms with Crippen molar-refractivity contribution in [2.45, 2.75) is 31.8 Å². The van der Waals surface area contributed by atoms with Gasteiger partial charge in [0.05, 0.1) is 0 Å². The van der Waals surface area contributed by atoms with Crippen LogP contribution >= 0.6 is 0 Å². The van der Waals surface area contributed by atoms with Crippen molar-refractivity contribution in [2.75, 3.05) is 20.6 Å². The van der Waals surface area contributed by atoms with Crippen molar-refractivity contribution >= 4 is 0 Å². The third kappa shape index (κ3) is 1.70. The van der Waals surface area contributed by atoms with E-state index in [9.17, 15) is 0 Å². The zero-order valence-corrected chi connectivity index (χ0v) is 7.22. The summed E-state index contributed by atoms with van der Waals surface area (Å²) < 4.78 is 0. The van der Waals surface area contributed by atoms with E-state index in [2.05, 4.69) is 31.2 Å². The number of nitrogens with one attached hydrogen (secondary N) is 1. The summed E-state index contributed by atoms with van der Waals surface area (Å²) in [6, 6.07) is 1.51. The average molecular weight is 142 g/mol. The number of piperidine rings is 1. The van der Waals surface area contributed by atoms with Crippen LogP contribution in [0.4, 0.5) is 0 Å². The van der Waals surface area contributed by atoms with E-state index in [1.54, 1.807) is 0 Å². The number of rotatable bonds is 1. The van der Waals surface area contributed by atoms with E-state index < -0.39 is 0 Å². The van der Waals surface area contributed by atoms with Gasteiger partial charge in [-0.05, 0) is 40.4 Å². The maximum atomic E-state index is 3.33. The molecule has 0 spiro atoms. The van der Waals surface area contributed by atoms with Gasteiger partial charge in [-0.2, -0.15) is 0 Å². The Balaban J connectivity index is 2.33. The fourth-order valence-corrected chi connectivity index (χ4v) is 1.55. The molecule has 0 aromatic heterocycles. The molecule has 0 aromatic carbocycles. The largest absolute Gasteiger partial charge is 0.317 e. The van der Waals surface area contributed by atoms with Crippen molar-refractivity contribution in [3.8, 4) is 0 Å². The van der Waals surface area contributed by atoms with E-state index in [4.69, 9.17) is 0 Å². The Hall–Kier alpha value is -0.0800. The number of nitrogens with zero attached hydrogens (tertiary/aromatic N) is 1. The van der Waals surface area contributed by atoms with Crippen LogP contribution in [0.5, 0.6) is 0 Å². The van der Waals surface area contributed by atoms with Gasteiger partial charge in [-0.3, -0.25) is 0 Å². The van der Waals surface area contributed by atoms with Crippen LogP contribution in [0.3, 0.4) is 0 Å². The van der Waals surface area contributed by atoms with Gasteiger partial charge in [0.2, 0.25) is 0 Å². The van der Waals surface area contributed by atoms with Crippen LogP contribution in [-0.2, 0) is 0 Å². The van der Waals surface area contributed by atoms with E-state index in [0.717, 1.165) is 12.1 Å². The summed E-state index contributed by atoms with van der Waals surface area (Å²) in [5.41, 5.74) is 0. The second-order valence-electron chi connectivity index (χ2n) is 3.34. The molecule has 2 atom stereocenters. The van der Waals surface area contributed by atoms with Gasteiger partial charge < -0.3 is 10.2 Å². The first-order chi connectivity index (χ1) is 4.74. The smallest absolute Gasteiger partial charge is 0.00910 e. The Labute approximate surface area is 63.6 Å². The predicted octanol–water partition coefficient (Wildman–Crippen LogP) is 0.688.